The summed E-state index contributed by atoms with van der Waals surface area (Å²) in [7, 11) is 1.66. The summed E-state index contributed by atoms with van der Waals surface area (Å²) in [5.74, 6) is -1.04. The van der Waals surface area contributed by atoms with Gasteiger partial charge >= 0.3 is 5.97 Å². The molecule has 122 valence electrons. The van der Waals surface area contributed by atoms with Crippen molar-refractivity contribution in [2.75, 3.05) is 13.6 Å². The Labute approximate surface area is 134 Å². The Bertz CT molecular complexity index is 649. The quantitative estimate of drug-likeness (QED) is 0.853. The van der Waals surface area contributed by atoms with Crippen LogP contribution in [-0.2, 0) is 15.0 Å². The van der Waals surface area contributed by atoms with Gasteiger partial charge in [-0.25, -0.2) is 4.79 Å². The molecule has 1 aliphatic carbocycles. The van der Waals surface area contributed by atoms with Gasteiger partial charge in [-0.2, -0.15) is 0 Å². The highest BCUT2D eigenvalue weighted by atomic mass is 16.4. The van der Waals surface area contributed by atoms with Crippen molar-refractivity contribution < 1.29 is 19.5 Å². The molecule has 6 heteroatoms. The molecule has 0 unspecified atom stereocenters. The van der Waals surface area contributed by atoms with Gasteiger partial charge in [0, 0.05) is 25.4 Å². The number of amides is 2. The molecular formula is C17H20N2O4. The van der Waals surface area contributed by atoms with E-state index in [-0.39, 0.29) is 28.8 Å². The van der Waals surface area contributed by atoms with Gasteiger partial charge in [-0.1, -0.05) is 12.1 Å². The van der Waals surface area contributed by atoms with Crippen molar-refractivity contribution in [3.63, 3.8) is 0 Å². The van der Waals surface area contributed by atoms with Gasteiger partial charge in [0.25, 0.3) is 0 Å². The van der Waals surface area contributed by atoms with Crippen LogP contribution < -0.4 is 5.32 Å². The Morgan fingerprint density at radius 2 is 1.96 bits per heavy atom. The van der Waals surface area contributed by atoms with Gasteiger partial charge in [0.15, 0.2) is 0 Å². The summed E-state index contributed by atoms with van der Waals surface area (Å²) in [6, 6.07) is 6.49. The molecule has 1 atom stereocenters. The monoisotopic (exact) mass is 316 g/mol. The highest BCUT2D eigenvalue weighted by molar-refractivity contribution is 5.90. The first-order valence-electron chi connectivity index (χ1n) is 7.80. The molecule has 2 N–H and O–H groups in total. The molecule has 2 fully saturated rings. The van der Waals surface area contributed by atoms with Gasteiger partial charge in [-0.15, -0.1) is 0 Å². The highest BCUT2D eigenvalue weighted by Gasteiger charge is 2.45. The predicted molar refractivity (Wildman–Crippen MR) is 83.1 cm³/mol. The lowest BCUT2D eigenvalue weighted by Crippen LogP contribution is -2.45. The SMILES string of the molecule is CN1C(=O)CC[C@H]1C(=O)NCC1(c2ccc(C(=O)O)cc2)CC1. The van der Waals surface area contributed by atoms with Crippen LogP contribution in [0.25, 0.3) is 0 Å². The van der Waals surface area contributed by atoms with Gasteiger partial charge < -0.3 is 15.3 Å². The van der Waals surface area contributed by atoms with Crippen molar-refractivity contribution in [1.29, 1.82) is 0 Å². The predicted octanol–water partition coefficient (Wildman–Crippen LogP) is 1.15. The van der Waals surface area contributed by atoms with E-state index in [2.05, 4.69) is 5.32 Å². The van der Waals surface area contributed by atoms with Crippen LogP contribution in [0.5, 0.6) is 0 Å². The maximum Gasteiger partial charge on any atom is 0.335 e. The standard InChI is InChI=1S/C17H20N2O4/c1-19-13(6-7-14(19)20)15(21)18-10-17(8-9-17)12-4-2-11(3-5-12)16(22)23/h2-5,13H,6-10H2,1H3,(H,18,21)(H,22,23)/t13-/m0/s1. The average molecular weight is 316 g/mol. The van der Waals surface area contributed by atoms with Crippen LogP contribution in [-0.4, -0.2) is 47.4 Å². The van der Waals surface area contributed by atoms with Gasteiger partial charge in [-0.3, -0.25) is 9.59 Å². The van der Waals surface area contributed by atoms with Crippen molar-refractivity contribution in [2.45, 2.75) is 37.1 Å². The first kappa shape index (κ1) is 15.5. The Kier molecular flexibility index (Phi) is 3.83. The summed E-state index contributed by atoms with van der Waals surface area (Å²) in [5, 5.41) is 11.9. The summed E-state index contributed by atoms with van der Waals surface area (Å²) in [4.78, 5) is 36.2. The van der Waals surface area contributed by atoms with E-state index in [0.29, 0.717) is 19.4 Å². The van der Waals surface area contributed by atoms with E-state index in [1.165, 1.54) is 4.90 Å². The summed E-state index contributed by atoms with van der Waals surface area (Å²) >= 11 is 0. The molecule has 1 aliphatic heterocycles. The smallest absolute Gasteiger partial charge is 0.335 e. The number of carboxylic acid groups (broad SMARTS) is 1. The molecule has 0 spiro atoms. The zero-order chi connectivity index (χ0) is 16.6. The first-order valence-corrected chi connectivity index (χ1v) is 7.80. The van der Waals surface area contributed by atoms with Crippen molar-refractivity contribution in [3.8, 4) is 0 Å². The number of carbonyl (C=O) groups is 3. The fraction of sp³-hybridized carbons (Fsp3) is 0.471. The fourth-order valence-electron chi connectivity index (χ4n) is 3.17. The Morgan fingerprint density at radius 3 is 2.43 bits per heavy atom. The number of aromatic carboxylic acids is 1. The molecule has 23 heavy (non-hydrogen) atoms. The molecule has 2 aliphatic rings. The molecule has 0 bridgehead atoms. The molecule has 1 aromatic rings. The minimum absolute atomic E-state index is 0.00976. The topological polar surface area (TPSA) is 86.7 Å². The minimum atomic E-state index is -0.941. The second-order valence-corrected chi connectivity index (χ2v) is 6.44. The van der Waals surface area contributed by atoms with Crippen LogP contribution in [0.1, 0.15) is 41.6 Å². The van der Waals surface area contributed by atoms with Gasteiger partial charge in [0.1, 0.15) is 6.04 Å². The van der Waals surface area contributed by atoms with E-state index in [0.717, 1.165) is 18.4 Å². The fourth-order valence-corrected chi connectivity index (χ4v) is 3.17. The van der Waals surface area contributed by atoms with E-state index < -0.39 is 5.97 Å². The molecule has 1 saturated heterocycles. The largest absolute Gasteiger partial charge is 0.478 e. The molecule has 0 radical (unpaired) electrons. The number of benzene rings is 1. The lowest BCUT2D eigenvalue weighted by atomic mass is 9.94. The van der Waals surface area contributed by atoms with E-state index in [1.807, 2.05) is 12.1 Å². The van der Waals surface area contributed by atoms with Crippen molar-refractivity contribution in [3.05, 3.63) is 35.4 Å². The van der Waals surface area contributed by atoms with Crippen LogP contribution in [0.2, 0.25) is 0 Å². The number of rotatable bonds is 5. The molecule has 2 amide bonds. The van der Waals surface area contributed by atoms with Crippen molar-refractivity contribution in [1.82, 2.24) is 10.2 Å². The second-order valence-electron chi connectivity index (χ2n) is 6.44. The number of hydrogen-bond donors (Lipinski definition) is 2. The van der Waals surface area contributed by atoms with Gasteiger partial charge in [0.05, 0.1) is 5.56 Å². The van der Waals surface area contributed by atoms with Crippen molar-refractivity contribution in [2.24, 2.45) is 0 Å². The molecule has 3 rings (SSSR count). The molecule has 0 aromatic heterocycles. The van der Waals surface area contributed by atoms with E-state index in [9.17, 15) is 14.4 Å². The van der Waals surface area contributed by atoms with E-state index >= 15 is 0 Å². The minimum Gasteiger partial charge on any atom is -0.478 e. The number of nitrogens with one attached hydrogen (secondary N) is 1. The third kappa shape index (κ3) is 2.93. The molecule has 1 heterocycles. The second kappa shape index (κ2) is 5.68. The highest BCUT2D eigenvalue weighted by Crippen LogP contribution is 2.47. The number of nitrogens with zero attached hydrogens (tertiary/aromatic N) is 1. The van der Waals surface area contributed by atoms with Crippen LogP contribution in [0, 0.1) is 0 Å². The Hall–Kier alpha value is -2.37. The van der Waals surface area contributed by atoms with E-state index in [4.69, 9.17) is 5.11 Å². The molecule has 1 aromatic carbocycles. The average Bonchev–Trinajstić information content (AvgIpc) is 3.27. The lowest BCUT2D eigenvalue weighted by molar-refractivity contribution is -0.133. The normalized spacial score (nSPS) is 22.0. The molecule has 6 nitrogen and oxygen atoms in total. The van der Waals surface area contributed by atoms with Crippen molar-refractivity contribution >= 4 is 17.8 Å². The maximum absolute atomic E-state index is 12.3. The number of carboxylic acids is 1. The van der Waals surface area contributed by atoms with Crippen LogP contribution in [0.3, 0.4) is 0 Å². The van der Waals surface area contributed by atoms with Crippen LogP contribution >= 0.6 is 0 Å². The number of likely N-dealkylation sites (tertiary alicyclic amines) is 1. The number of carbonyl (C=O) groups excluding carboxylic acids is 2. The molecular weight excluding hydrogens is 296 g/mol. The van der Waals surface area contributed by atoms with Crippen LogP contribution in [0.4, 0.5) is 0 Å². The Balaban J connectivity index is 1.62. The summed E-state index contributed by atoms with van der Waals surface area (Å²) in [5.41, 5.74) is 1.23. The zero-order valence-electron chi connectivity index (χ0n) is 13.0. The van der Waals surface area contributed by atoms with Crippen LogP contribution in [0.15, 0.2) is 24.3 Å². The zero-order valence-corrected chi connectivity index (χ0v) is 13.0. The third-order valence-electron chi connectivity index (χ3n) is 4.99. The maximum atomic E-state index is 12.3. The Morgan fingerprint density at radius 1 is 1.30 bits per heavy atom. The van der Waals surface area contributed by atoms with Gasteiger partial charge in [-0.05, 0) is 37.0 Å². The molecule has 1 saturated carbocycles. The summed E-state index contributed by atoms with van der Waals surface area (Å²) in [6.45, 7) is 0.525. The summed E-state index contributed by atoms with van der Waals surface area (Å²) < 4.78 is 0. The summed E-state index contributed by atoms with van der Waals surface area (Å²) in [6.07, 6.45) is 2.94. The first-order chi connectivity index (χ1) is 10.9. The third-order valence-corrected chi connectivity index (χ3v) is 4.99. The number of hydrogen-bond acceptors (Lipinski definition) is 3. The van der Waals surface area contributed by atoms with Gasteiger partial charge in [0.2, 0.25) is 11.8 Å². The van der Waals surface area contributed by atoms with E-state index in [1.54, 1.807) is 19.2 Å². The lowest BCUT2D eigenvalue weighted by Gasteiger charge is -2.22. The number of likely N-dealkylation sites (N-methyl/N-ethyl adjacent to an activating group) is 1.